The van der Waals surface area contributed by atoms with Gasteiger partial charge in [0, 0.05) is 16.8 Å². The van der Waals surface area contributed by atoms with Crippen LogP contribution in [0.25, 0.3) is 0 Å². The predicted octanol–water partition coefficient (Wildman–Crippen LogP) is 3.09. The van der Waals surface area contributed by atoms with E-state index < -0.39 is 11.4 Å². The molecule has 0 aliphatic carbocycles. The van der Waals surface area contributed by atoms with E-state index in [0.717, 1.165) is 37.5 Å². The maximum absolute atomic E-state index is 11.1. The van der Waals surface area contributed by atoms with Crippen LogP contribution in [0.3, 0.4) is 0 Å². The van der Waals surface area contributed by atoms with Crippen LogP contribution in [0.2, 0.25) is 5.02 Å². The highest BCUT2D eigenvalue weighted by Crippen LogP contribution is 2.32. The van der Waals surface area contributed by atoms with Gasteiger partial charge in [-0.25, -0.2) is 0 Å². The van der Waals surface area contributed by atoms with Gasteiger partial charge in [-0.3, -0.25) is 9.69 Å². The molecule has 3 nitrogen and oxygen atoms in total. The fraction of sp³-hybridized carbons (Fsp3) is 0.583. The van der Waals surface area contributed by atoms with Gasteiger partial charge >= 0.3 is 5.97 Å². The van der Waals surface area contributed by atoms with E-state index in [1.54, 1.807) is 11.3 Å². The van der Waals surface area contributed by atoms with Gasteiger partial charge in [0.25, 0.3) is 0 Å². The van der Waals surface area contributed by atoms with E-state index in [9.17, 15) is 4.79 Å². The number of carbonyl (C=O) groups is 1. The number of aliphatic carboxylic acids is 1. The van der Waals surface area contributed by atoms with Crippen molar-refractivity contribution >= 4 is 28.9 Å². The first-order valence-corrected chi connectivity index (χ1v) is 6.94. The number of carboxylic acid groups (broad SMARTS) is 1. The molecule has 0 radical (unpaired) electrons. The van der Waals surface area contributed by atoms with Gasteiger partial charge < -0.3 is 5.11 Å². The Morgan fingerprint density at radius 1 is 1.59 bits per heavy atom. The number of hydrogen-bond donors (Lipinski definition) is 1. The molecular weight excluding hydrogens is 258 g/mol. The van der Waals surface area contributed by atoms with Crippen LogP contribution in [-0.2, 0) is 11.3 Å². The first-order valence-electron chi connectivity index (χ1n) is 5.68. The Kier molecular flexibility index (Phi) is 3.76. The average molecular weight is 274 g/mol. The fourth-order valence-corrected chi connectivity index (χ4v) is 3.19. The molecule has 1 aromatic rings. The Hall–Kier alpha value is -0.580. The first-order chi connectivity index (χ1) is 7.99. The fourth-order valence-electron chi connectivity index (χ4n) is 2.08. The van der Waals surface area contributed by atoms with Crippen molar-refractivity contribution in [2.75, 3.05) is 13.1 Å². The molecule has 1 N–H and O–H groups in total. The standard InChI is InChI=1S/C12H16ClNO2S/c1-12(11(15)16)2-4-14(5-3-12)7-10-6-9(13)8-17-10/h6,8H,2-5,7H2,1H3,(H,15,16). The molecule has 5 heteroatoms. The highest BCUT2D eigenvalue weighted by Gasteiger charge is 2.36. The number of thiophene rings is 1. The number of nitrogens with zero attached hydrogens (tertiary/aromatic N) is 1. The third kappa shape index (κ3) is 3.00. The van der Waals surface area contributed by atoms with E-state index in [-0.39, 0.29) is 0 Å². The largest absolute Gasteiger partial charge is 0.481 e. The third-order valence-corrected chi connectivity index (χ3v) is 4.75. The summed E-state index contributed by atoms with van der Waals surface area (Å²) in [5.74, 6) is -0.670. The van der Waals surface area contributed by atoms with E-state index in [4.69, 9.17) is 16.7 Å². The molecule has 2 rings (SSSR count). The quantitative estimate of drug-likeness (QED) is 0.920. The minimum atomic E-state index is -0.670. The maximum Gasteiger partial charge on any atom is 0.309 e. The Balaban J connectivity index is 1.89. The smallest absolute Gasteiger partial charge is 0.309 e. The number of carboxylic acids is 1. The molecular formula is C12H16ClNO2S. The maximum atomic E-state index is 11.1. The summed E-state index contributed by atoms with van der Waals surface area (Å²) in [6, 6.07) is 1.98. The zero-order chi connectivity index (χ0) is 12.5. The van der Waals surface area contributed by atoms with Crippen molar-refractivity contribution in [1.82, 2.24) is 4.90 Å². The topological polar surface area (TPSA) is 40.5 Å². The lowest BCUT2D eigenvalue weighted by Crippen LogP contribution is -2.42. The molecule has 1 fully saturated rings. The second-order valence-corrected chi connectivity index (χ2v) is 6.31. The van der Waals surface area contributed by atoms with E-state index in [0.29, 0.717) is 0 Å². The average Bonchev–Trinajstić information content (AvgIpc) is 2.67. The monoisotopic (exact) mass is 273 g/mol. The summed E-state index contributed by atoms with van der Waals surface area (Å²) in [6.45, 7) is 4.42. The number of rotatable bonds is 3. The highest BCUT2D eigenvalue weighted by molar-refractivity contribution is 7.10. The van der Waals surface area contributed by atoms with Crippen molar-refractivity contribution in [2.24, 2.45) is 5.41 Å². The third-order valence-electron chi connectivity index (χ3n) is 3.48. The van der Waals surface area contributed by atoms with Crippen molar-refractivity contribution in [3.05, 3.63) is 21.3 Å². The predicted molar refractivity (Wildman–Crippen MR) is 69.6 cm³/mol. The molecule has 1 saturated heterocycles. The molecule has 17 heavy (non-hydrogen) atoms. The summed E-state index contributed by atoms with van der Waals surface area (Å²) in [6.07, 6.45) is 1.45. The minimum Gasteiger partial charge on any atom is -0.481 e. The van der Waals surface area contributed by atoms with Crippen LogP contribution in [0.4, 0.5) is 0 Å². The van der Waals surface area contributed by atoms with Crippen LogP contribution in [0.15, 0.2) is 11.4 Å². The summed E-state index contributed by atoms with van der Waals surface area (Å²) >= 11 is 7.54. The van der Waals surface area contributed by atoms with Gasteiger partial charge in [0.2, 0.25) is 0 Å². The summed E-state index contributed by atoms with van der Waals surface area (Å²) in [5.41, 5.74) is -0.538. The Morgan fingerprint density at radius 3 is 2.71 bits per heavy atom. The van der Waals surface area contributed by atoms with Crippen molar-refractivity contribution in [3.8, 4) is 0 Å². The van der Waals surface area contributed by atoms with Gasteiger partial charge in [-0.2, -0.15) is 0 Å². The van der Waals surface area contributed by atoms with Gasteiger partial charge in [-0.05, 0) is 38.9 Å². The van der Waals surface area contributed by atoms with E-state index >= 15 is 0 Å². The molecule has 0 atom stereocenters. The van der Waals surface area contributed by atoms with E-state index in [2.05, 4.69) is 4.90 Å². The number of likely N-dealkylation sites (tertiary alicyclic amines) is 1. The molecule has 1 aromatic heterocycles. The molecule has 0 spiro atoms. The van der Waals surface area contributed by atoms with Gasteiger partial charge in [0.15, 0.2) is 0 Å². The molecule has 94 valence electrons. The van der Waals surface area contributed by atoms with Crippen LogP contribution in [0.5, 0.6) is 0 Å². The van der Waals surface area contributed by atoms with Crippen molar-refractivity contribution in [2.45, 2.75) is 26.3 Å². The lowest BCUT2D eigenvalue weighted by Gasteiger charge is -2.36. The lowest BCUT2D eigenvalue weighted by molar-refractivity contribution is -0.150. The molecule has 1 aliphatic rings. The zero-order valence-electron chi connectivity index (χ0n) is 9.78. The van der Waals surface area contributed by atoms with Crippen LogP contribution in [0, 0.1) is 5.41 Å². The highest BCUT2D eigenvalue weighted by atomic mass is 35.5. The molecule has 0 saturated carbocycles. The van der Waals surface area contributed by atoms with Crippen LogP contribution >= 0.6 is 22.9 Å². The zero-order valence-corrected chi connectivity index (χ0v) is 11.4. The molecule has 1 aliphatic heterocycles. The van der Waals surface area contributed by atoms with Crippen molar-refractivity contribution < 1.29 is 9.90 Å². The Labute approximate surface area is 110 Å². The number of hydrogen-bond acceptors (Lipinski definition) is 3. The lowest BCUT2D eigenvalue weighted by atomic mass is 9.80. The van der Waals surface area contributed by atoms with Gasteiger partial charge in [-0.1, -0.05) is 11.6 Å². The second-order valence-electron chi connectivity index (χ2n) is 4.87. The van der Waals surface area contributed by atoms with E-state index in [1.165, 1.54) is 4.88 Å². The van der Waals surface area contributed by atoms with Gasteiger partial charge in [0.1, 0.15) is 0 Å². The summed E-state index contributed by atoms with van der Waals surface area (Å²) in [7, 11) is 0. The molecule has 0 aromatic carbocycles. The minimum absolute atomic E-state index is 0.538. The molecule has 0 bridgehead atoms. The van der Waals surface area contributed by atoms with Crippen molar-refractivity contribution in [1.29, 1.82) is 0 Å². The van der Waals surface area contributed by atoms with Crippen LogP contribution in [-0.4, -0.2) is 29.1 Å². The number of halogens is 1. The number of piperidine rings is 1. The van der Waals surface area contributed by atoms with Crippen LogP contribution < -0.4 is 0 Å². The van der Waals surface area contributed by atoms with Crippen LogP contribution in [0.1, 0.15) is 24.6 Å². The molecule has 2 heterocycles. The van der Waals surface area contributed by atoms with Gasteiger partial charge in [-0.15, -0.1) is 11.3 Å². The first kappa shape index (κ1) is 12.9. The molecule has 0 unspecified atom stereocenters. The van der Waals surface area contributed by atoms with Crippen molar-refractivity contribution in [3.63, 3.8) is 0 Å². The van der Waals surface area contributed by atoms with Gasteiger partial charge in [0.05, 0.1) is 10.4 Å². The SMILES string of the molecule is CC1(C(=O)O)CCN(Cc2cc(Cl)cs2)CC1. The molecule has 0 amide bonds. The Bertz CT molecular complexity index is 410. The summed E-state index contributed by atoms with van der Waals surface area (Å²) < 4.78 is 0. The summed E-state index contributed by atoms with van der Waals surface area (Å²) in [4.78, 5) is 14.7. The Morgan fingerprint density at radius 2 is 2.24 bits per heavy atom. The second kappa shape index (κ2) is 4.96. The normalized spacial score (nSPS) is 20.4. The summed E-state index contributed by atoms with van der Waals surface area (Å²) in [5, 5.41) is 11.9. The van der Waals surface area contributed by atoms with E-state index in [1.807, 2.05) is 18.4 Å².